The normalized spacial score (nSPS) is 19.7. The number of aromatic nitrogens is 3. The van der Waals surface area contributed by atoms with Crippen LogP contribution in [-0.4, -0.2) is 15.4 Å². The minimum Gasteiger partial charge on any atom is -0.271 e. The first-order chi connectivity index (χ1) is 7.92. The number of rotatable bonds is 3. The van der Waals surface area contributed by atoms with E-state index in [4.69, 9.17) is 5.84 Å². The summed E-state index contributed by atoms with van der Waals surface area (Å²) in [7, 11) is 0. The minimum atomic E-state index is 0.0110. The van der Waals surface area contributed by atoms with E-state index in [0.717, 1.165) is 18.5 Å². The number of hydrogen-bond donors (Lipinski definition) is 3. The monoisotopic (exact) mass is 221 g/mol. The summed E-state index contributed by atoms with van der Waals surface area (Å²) >= 11 is 0. The molecule has 0 fully saturated rings. The summed E-state index contributed by atoms with van der Waals surface area (Å²) in [4.78, 5) is 0. The highest BCUT2D eigenvalue weighted by molar-refractivity contribution is 5.19. The van der Waals surface area contributed by atoms with Gasteiger partial charge in [0.15, 0.2) is 0 Å². The SMILES string of the molecule is NNC(C1=CCCCCCC1)c1cn[nH]n1. The van der Waals surface area contributed by atoms with Crippen molar-refractivity contribution >= 4 is 0 Å². The Morgan fingerprint density at radius 1 is 1.31 bits per heavy atom. The fourth-order valence-electron chi connectivity index (χ4n) is 2.21. The lowest BCUT2D eigenvalue weighted by atomic mass is 9.94. The molecule has 1 unspecified atom stereocenters. The predicted octanol–water partition coefficient (Wildman–Crippen LogP) is 1.59. The highest BCUT2D eigenvalue weighted by atomic mass is 15.3. The molecule has 0 radical (unpaired) electrons. The number of nitrogens with two attached hydrogens (primary N) is 1. The van der Waals surface area contributed by atoms with E-state index in [2.05, 4.69) is 26.9 Å². The predicted molar refractivity (Wildman–Crippen MR) is 62.2 cm³/mol. The summed E-state index contributed by atoms with van der Waals surface area (Å²) in [5.74, 6) is 5.61. The van der Waals surface area contributed by atoms with Gasteiger partial charge in [-0.3, -0.25) is 5.84 Å². The molecule has 5 nitrogen and oxygen atoms in total. The molecule has 2 rings (SSSR count). The highest BCUT2D eigenvalue weighted by Crippen LogP contribution is 2.26. The average molecular weight is 221 g/mol. The van der Waals surface area contributed by atoms with Gasteiger partial charge in [0.05, 0.1) is 12.2 Å². The number of hydrazine groups is 1. The Hall–Kier alpha value is -1.20. The Morgan fingerprint density at radius 3 is 2.94 bits per heavy atom. The zero-order chi connectivity index (χ0) is 11.2. The number of aromatic amines is 1. The number of allylic oxidation sites excluding steroid dienone is 1. The van der Waals surface area contributed by atoms with E-state index in [-0.39, 0.29) is 6.04 Å². The number of nitrogens with one attached hydrogen (secondary N) is 2. The average Bonchev–Trinajstić information content (AvgIpc) is 2.75. The van der Waals surface area contributed by atoms with Crippen molar-refractivity contribution in [2.24, 2.45) is 5.84 Å². The fraction of sp³-hybridized carbons (Fsp3) is 0.636. The van der Waals surface area contributed by atoms with Gasteiger partial charge in [-0.15, -0.1) is 0 Å². The molecule has 1 heterocycles. The summed E-state index contributed by atoms with van der Waals surface area (Å²) in [6.07, 6.45) is 11.4. The van der Waals surface area contributed by atoms with Crippen molar-refractivity contribution in [1.82, 2.24) is 20.8 Å². The topological polar surface area (TPSA) is 79.6 Å². The van der Waals surface area contributed by atoms with Gasteiger partial charge in [0, 0.05) is 0 Å². The summed E-state index contributed by atoms with van der Waals surface area (Å²) in [5, 5.41) is 10.6. The molecule has 0 bridgehead atoms. The van der Waals surface area contributed by atoms with Gasteiger partial charge in [-0.2, -0.15) is 15.4 Å². The van der Waals surface area contributed by atoms with Crippen LogP contribution >= 0.6 is 0 Å². The Morgan fingerprint density at radius 2 is 2.19 bits per heavy atom. The largest absolute Gasteiger partial charge is 0.271 e. The molecule has 1 aliphatic carbocycles. The number of nitrogens with zero attached hydrogens (tertiary/aromatic N) is 2. The molecule has 16 heavy (non-hydrogen) atoms. The summed E-state index contributed by atoms with van der Waals surface area (Å²) in [5.41, 5.74) is 5.04. The molecule has 4 N–H and O–H groups in total. The molecule has 1 atom stereocenters. The maximum Gasteiger partial charge on any atom is 0.105 e. The maximum atomic E-state index is 5.61. The van der Waals surface area contributed by atoms with Crippen LogP contribution in [0.25, 0.3) is 0 Å². The van der Waals surface area contributed by atoms with E-state index in [0.29, 0.717) is 0 Å². The molecule has 0 aromatic carbocycles. The first-order valence-corrected chi connectivity index (χ1v) is 5.92. The standard InChI is InChI=1S/C11H19N5/c12-14-11(10-8-13-16-15-10)9-6-4-2-1-3-5-7-9/h6,8,11,14H,1-5,7,12H2,(H,13,15,16). The number of H-pyrrole nitrogens is 1. The molecule has 0 spiro atoms. The third-order valence-corrected chi connectivity index (χ3v) is 3.09. The van der Waals surface area contributed by atoms with Crippen LogP contribution in [0.3, 0.4) is 0 Å². The molecule has 0 saturated heterocycles. The van der Waals surface area contributed by atoms with Crippen molar-refractivity contribution in [3.05, 3.63) is 23.5 Å². The third-order valence-electron chi connectivity index (χ3n) is 3.09. The van der Waals surface area contributed by atoms with Crippen LogP contribution in [0.15, 0.2) is 17.8 Å². The molecule has 0 aliphatic heterocycles. The molecule has 0 amide bonds. The van der Waals surface area contributed by atoms with Crippen molar-refractivity contribution in [3.8, 4) is 0 Å². The van der Waals surface area contributed by atoms with Crippen molar-refractivity contribution in [2.45, 2.75) is 44.6 Å². The maximum absolute atomic E-state index is 5.61. The van der Waals surface area contributed by atoms with Crippen LogP contribution < -0.4 is 11.3 Å². The van der Waals surface area contributed by atoms with E-state index in [1.807, 2.05) is 0 Å². The van der Waals surface area contributed by atoms with Crippen LogP contribution in [0.1, 0.15) is 50.3 Å². The van der Waals surface area contributed by atoms with Gasteiger partial charge in [-0.05, 0) is 31.3 Å². The quantitative estimate of drug-likeness (QED) is 0.411. The van der Waals surface area contributed by atoms with Crippen LogP contribution in [0.5, 0.6) is 0 Å². The van der Waals surface area contributed by atoms with E-state index < -0.39 is 0 Å². The first-order valence-electron chi connectivity index (χ1n) is 5.92. The lowest BCUT2D eigenvalue weighted by Gasteiger charge is -2.19. The second-order valence-corrected chi connectivity index (χ2v) is 4.23. The van der Waals surface area contributed by atoms with Gasteiger partial charge in [0.25, 0.3) is 0 Å². The Kier molecular flexibility index (Phi) is 4.07. The van der Waals surface area contributed by atoms with Crippen LogP contribution in [0.2, 0.25) is 0 Å². The molecule has 0 saturated carbocycles. The highest BCUT2D eigenvalue weighted by Gasteiger charge is 2.17. The molecule has 88 valence electrons. The molecule has 1 aromatic rings. The lowest BCUT2D eigenvalue weighted by molar-refractivity contribution is 0.546. The zero-order valence-electron chi connectivity index (χ0n) is 9.45. The van der Waals surface area contributed by atoms with Crippen LogP contribution in [0.4, 0.5) is 0 Å². The summed E-state index contributed by atoms with van der Waals surface area (Å²) < 4.78 is 0. The van der Waals surface area contributed by atoms with Crippen molar-refractivity contribution < 1.29 is 0 Å². The molecule has 5 heteroatoms. The van der Waals surface area contributed by atoms with Crippen molar-refractivity contribution in [2.75, 3.05) is 0 Å². The third kappa shape index (κ3) is 2.68. The van der Waals surface area contributed by atoms with Gasteiger partial charge in [-0.1, -0.05) is 18.9 Å². The Bertz CT molecular complexity index is 330. The van der Waals surface area contributed by atoms with Crippen molar-refractivity contribution in [3.63, 3.8) is 0 Å². The van der Waals surface area contributed by atoms with Gasteiger partial charge in [0.2, 0.25) is 0 Å². The summed E-state index contributed by atoms with van der Waals surface area (Å²) in [6, 6.07) is 0.0110. The zero-order valence-corrected chi connectivity index (χ0v) is 9.45. The molecule has 1 aliphatic rings. The van der Waals surface area contributed by atoms with E-state index >= 15 is 0 Å². The minimum absolute atomic E-state index is 0.0110. The van der Waals surface area contributed by atoms with Crippen molar-refractivity contribution in [1.29, 1.82) is 0 Å². The molecule has 1 aromatic heterocycles. The second-order valence-electron chi connectivity index (χ2n) is 4.23. The Labute approximate surface area is 95.5 Å². The van der Waals surface area contributed by atoms with Crippen LogP contribution in [0, 0.1) is 0 Å². The lowest BCUT2D eigenvalue weighted by Crippen LogP contribution is -2.30. The Balaban J connectivity index is 2.12. The van der Waals surface area contributed by atoms with E-state index in [1.54, 1.807) is 6.20 Å². The van der Waals surface area contributed by atoms with E-state index in [9.17, 15) is 0 Å². The fourth-order valence-corrected chi connectivity index (χ4v) is 2.21. The molecular weight excluding hydrogens is 202 g/mol. The first kappa shape index (κ1) is 11.3. The van der Waals surface area contributed by atoms with Gasteiger partial charge in [-0.25, -0.2) is 5.43 Å². The smallest absolute Gasteiger partial charge is 0.105 e. The second kappa shape index (κ2) is 5.77. The van der Waals surface area contributed by atoms with E-state index in [1.165, 1.54) is 31.3 Å². The van der Waals surface area contributed by atoms with Gasteiger partial charge < -0.3 is 0 Å². The van der Waals surface area contributed by atoms with Gasteiger partial charge >= 0.3 is 0 Å². The summed E-state index contributed by atoms with van der Waals surface area (Å²) in [6.45, 7) is 0. The van der Waals surface area contributed by atoms with Gasteiger partial charge in [0.1, 0.15) is 5.69 Å². The molecular formula is C11H19N5. The number of hydrogen-bond acceptors (Lipinski definition) is 4. The van der Waals surface area contributed by atoms with Crippen LogP contribution in [-0.2, 0) is 0 Å².